The lowest BCUT2D eigenvalue weighted by Gasteiger charge is -2.21. The third-order valence-electron chi connectivity index (χ3n) is 2.51. The predicted octanol–water partition coefficient (Wildman–Crippen LogP) is 1.32. The second-order valence-electron chi connectivity index (χ2n) is 3.68. The topological polar surface area (TPSA) is 29.4 Å². The zero-order chi connectivity index (χ0) is 10.0. The van der Waals surface area contributed by atoms with Crippen LogP contribution in [0.2, 0.25) is 0 Å². The number of quaternary nitrogens is 1. The molecule has 0 radical (unpaired) electrons. The molecule has 3 heteroatoms. The molecule has 0 saturated heterocycles. The summed E-state index contributed by atoms with van der Waals surface area (Å²) in [6.45, 7) is 1.52. The minimum absolute atomic E-state index is 0.117. The van der Waals surface area contributed by atoms with E-state index in [9.17, 15) is 4.79 Å². The number of carbonyl (C=O) groups excluding carboxylic acids is 1. The van der Waals surface area contributed by atoms with Crippen molar-refractivity contribution in [2.24, 2.45) is 4.99 Å². The average Bonchev–Trinajstić information content (AvgIpc) is 2.67. The number of benzene rings is 1. The number of hydrogen-bond acceptors (Lipinski definition) is 2. The zero-order valence-corrected chi connectivity index (χ0v) is 8.18. The van der Waals surface area contributed by atoms with Crippen LogP contribution < -0.4 is 0 Å². The highest BCUT2D eigenvalue weighted by Crippen LogP contribution is 2.12. The molecule has 2 rings (SSSR count). The number of carbonyl (C=O) groups is 1. The molecule has 0 aromatic heterocycles. The normalized spacial score (nSPS) is 25.2. The van der Waals surface area contributed by atoms with Crippen LogP contribution in [0.3, 0.4) is 0 Å². The highest BCUT2D eigenvalue weighted by Gasteiger charge is 2.33. The monoisotopic (exact) mass is 189 g/mol. The molecule has 0 aliphatic carbocycles. The Morgan fingerprint density at radius 2 is 2.07 bits per heavy atom. The molecule has 1 aromatic rings. The molecular formula is C11H13N2O+. The first kappa shape index (κ1) is 9.09. The molecule has 1 aliphatic heterocycles. The van der Waals surface area contributed by atoms with E-state index in [4.69, 9.17) is 0 Å². The third kappa shape index (κ3) is 1.46. The SMILES string of the molecule is C[N+]1(C(=O)c2ccccc2)C=NCC1. The fraction of sp³-hybridized carbons (Fsp3) is 0.273. The summed E-state index contributed by atoms with van der Waals surface area (Å²) in [6.07, 6.45) is 1.73. The molecule has 0 saturated carbocycles. The molecule has 1 aromatic carbocycles. The van der Waals surface area contributed by atoms with Crippen molar-refractivity contribution in [3.05, 3.63) is 35.9 Å². The van der Waals surface area contributed by atoms with Gasteiger partial charge in [0.05, 0.1) is 19.2 Å². The minimum atomic E-state index is 0.117. The molecule has 0 fully saturated rings. The van der Waals surface area contributed by atoms with Gasteiger partial charge in [0, 0.05) is 0 Å². The van der Waals surface area contributed by atoms with Crippen LogP contribution in [-0.4, -0.2) is 36.9 Å². The number of hydrogen-bond donors (Lipinski definition) is 0. The molecule has 72 valence electrons. The van der Waals surface area contributed by atoms with Crippen molar-refractivity contribution in [3.63, 3.8) is 0 Å². The van der Waals surface area contributed by atoms with Gasteiger partial charge in [0.15, 0.2) is 6.34 Å². The van der Waals surface area contributed by atoms with Crippen molar-refractivity contribution >= 4 is 12.2 Å². The summed E-state index contributed by atoms with van der Waals surface area (Å²) < 4.78 is 0.296. The molecular weight excluding hydrogens is 176 g/mol. The van der Waals surface area contributed by atoms with Crippen molar-refractivity contribution in [2.75, 3.05) is 20.1 Å². The van der Waals surface area contributed by atoms with Gasteiger partial charge in [-0.1, -0.05) is 18.2 Å². The van der Waals surface area contributed by atoms with Crippen LogP contribution >= 0.6 is 0 Å². The van der Waals surface area contributed by atoms with Gasteiger partial charge in [-0.3, -0.25) is 0 Å². The van der Waals surface area contributed by atoms with E-state index < -0.39 is 0 Å². The molecule has 1 heterocycles. The van der Waals surface area contributed by atoms with Gasteiger partial charge in [-0.15, -0.1) is 0 Å². The van der Waals surface area contributed by atoms with E-state index in [1.807, 2.05) is 37.4 Å². The second kappa shape index (κ2) is 3.35. The van der Waals surface area contributed by atoms with E-state index in [0.29, 0.717) is 4.48 Å². The van der Waals surface area contributed by atoms with Crippen molar-refractivity contribution in [1.29, 1.82) is 0 Å². The average molecular weight is 189 g/mol. The maximum absolute atomic E-state index is 12.0. The number of nitrogens with zero attached hydrogens (tertiary/aromatic N) is 2. The van der Waals surface area contributed by atoms with Gasteiger partial charge in [-0.25, -0.2) is 14.3 Å². The van der Waals surface area contributed by atoms with E-state index in [2.05, 4.69) is 4.99 Å². The standard InChI is InChI=1S/C11H13N2O/c1-13(8-7-12-9-13)11(14)10-5-3-2-4-6-10/h2-6,9H,7-8H2,1H3/q+1. The molecule has 3 nitrogen and oxygen atoms in total. The largest absolute Gasteiger partial charge is 0.351 e. The predicted molar refractivity (Wildman–Crippen MR) is 55.2 cm³/mol. The Morgan fingerprint density at radius 3 is 2.64 bits per heavy atom. The van der Waals surface area contributed by atoms with Crippen LogP contribution in [0.5, 0.6) is 0 Å². The molecule has 1 atom stereocenters. The van der Waals surface area contributed by atoms with Crippen LogP contribution in [0.1, 0.15) is 10.4 Å². The summed E-state index contributed by atoms with van der Waals surface area (Å²) in [5.74, 6) is 0.117. The maximum Gasteiger partial charge on any atom is 0.351 e. The van der Waals surface area contributed by atoms with Crippen molar-refractivity contribution in [2.45, 2.75) is 0 Å². The van der Waals surface area contributed by atoms with Gasteiger partial charge in [-0.05, 0) is 12.1 Å². The van der Waals surface area contributed by atoms with Crippen LogP contribution in [0.25, 0.3) is 0 Å². The van der Waals surface area contributed by atoms with Gasteiger partial charge >= 0.3 is 5.91 Å². The number of rotatable bonds is 1. The first-order valence-corrected chi connectivity index (χ1v) is 4.68. The van der Waals surface area contributed by atoms with E-state index in [1.54, 1.807) is 6.34 Å². The van der Waals surface area contributed by atoms with Crippen molar-refractivity contribution < 1.29 is 9.28 Å². The molecule has 0 bridgehead atoms. The summed E-state index contributed by atoms with van der Waals surface area (Å²) in [5, 5.41) is 0. The van der Waals surface area contributed by atoms with Crippen LogP contribution in [-0.2, 0) is 0 Å². The molecule has 0 spiro atoms. The highest BCUT2D eigenvalue weighted by atomic mass is 16.2. The Bertz CT molecular complexity index is 372. The summed E-state index contributed by atoms with van der Waals surface area (Å²) in [4.78, 5) is 16.2. The van der Waals surface area contributed by atoms with Gasteiger partial charge in [-0.2, -0.15) is 0 Å². The molecule has 0 N–H and O–H groups in total. The Morgan fingerprint density at radius 1 is 1.36 bits per heavy atom. The summed E-state index contributed by atoms with van der Waals surface area (Å²) in [6, 6.07) is 9.37. The van der Waals surface area contributed by atoms with E-state index in [0.717, 1.165) is 18.7 Å². The quantitative estimate of drug-likeness (QED) is 0.612. The molecule has 1 amide bonds. The van der Waals surface area contributed by atoms with Crippen molar-refractivity contribution in [1.82, 2.24) is 0 Å². The summed E-state index contributed by atoms with van der Waals surface area (Å²) in [5.41, 5.74) is 0.753. The molecule has 14 heavy (non-hydrogen) atoms. The Balaban J connectivity index is 2.29. The van der Waals surface area contributed by atoms with Gasteiger partial charge in [0.1, 0.15) is 6.54 Å². The summed E-state index contributed by atoms with van der Waals surface area (Å²) >= 11 is 0. The highest BCUT2D eigenvalue weighted by molar-refractivity contribution is 5.93. The second-order valence-corrected chi connectivity index (χ2v) is 3.68. The maximum atomic E-state index is 12.0. The Kier molecular flexibility index (Phi) is 2.17. The first-order valence-electron chi connectivity index (χ1n) is 4.68. The lowest BCUT2D eigenvalue weighted by Crippen LogP contribution is -2.46. The molecule has 1 unspecified atom stereocenters. The third-order valence-corrected chi connectivity index (χ3v) is 2.51. The fourth-order valence-corrected chi connectivity index (χ4v) is 1.59. The van der Waals surface area contributed by atoms with E-state index >= 15 is 0 Å². The van der Waals surface area contributed by atoms with E-state index in [-0.39, 0.29) is 5.91 Å². The lowest BCUT2D eigenvalue weighted by molar-refractivity contribution is -0.719. The fourth-order valence-electron chi connectivity index (χ4n) is 1.59. The van der Waals surface area contributed by atoms with Gasteiger partial charge in [0.2, 0.25) is 0 Å². The Labute approximate surface area is 83.3 Å². The summed E-state index contributed by atoms with van der Waals surface area (Å²) in [7, 11) is 1.89. The number of likely N-dealkylation sites (N-methyl/N-ethyl adjacent to an activating group) is 1. The van der Waals surface area contributed by atoms with Gasteiger partial charge < -0.3 is 0 Å². The van der Waals surface area contributed by atoms with Gasteiger partial charge in [0.25, 0.3) is 0 Å². The first-order chi connectivity index (χ1) is 6.72. The lowest BCUT2D eigenvalue weighted by atomic mass is 10.2. The van der Waals surface area contributed by atoms with E-state index in [1.165, 1.54) is 0 Å². The van der Waals surface area contributed by atoms with Crippen molar-refractivity contribution in [3.8, 4) is 0 Å². The van der Waals surface area contributed by atoms with Crippen LogP contribution in [0, 0.1) is 0 Å². The zero-order valence-electron chi connectivity index (χ0n) is 8.18. The molecule has 1 aliphatic rings. The number of aliphatic imine (C=N–C) groups is 1. The minimum Gasteiger partial charge on any atom is -0.235 e. The Hall–Kier alpha value is -1.48. The smallest absolute Gasteiger partial charge is 0.235 e. The van der Waals surface area contributed by atoms with Crippen LogP contribution in [0.15, 0.2) is 35.3 Å². The number of amides is 1. The van der Waals surface area contributed by atoms with Crippen LogP contribution in [0.4, 0.5) is 0 Å².